The summed E-state index contributed by atoms with van der Waals surface area (Å²) in [7, 11) is 1.21. The van der Waals surface area contributed by atoms with E-state index in [2.05, 4.69) is 4.74 Å². The normalized spacial score (nSPS) is 9.85. The number of nitrogens with zero attached hydrogens (tertiary/aromatic N) is 1. The maximum Gasteiger partial charge on any atom is 0.337 e. The summed E-state index contributed by atoms with van der Waals surface area (Å²) in [6, 6.07) is 9.83. The number of hydrogen-bond acceptors (Lipinski definition) is 4. The van der Waals surface area contributed by atoms with Crippen LogP contribution in [0.4, 0.5) is 4.39 Å². The van der Waals surface area contributed by atoms with Gasteiger partial charge in [-0.3, -0.25) is 0 Å². The maximum atomic E-state index is 14.0. The summed E-state index contributed by atoms with van der Waals surface area (Å²) >= 11 is 0. The minimum atomic E-state index is -0.637. The monoisotopic (exact) mass is 271 g/mol. The molecule has 0 fully saturated rings. The van der Waals surface area contributed by atoms with Crippen molar-refractivity contribution in [3.8, 4) is 22.9 Å². The maximum absolute atomic E-state index is 14.0. The van der Waals surface area contributed by atoms with Crippen molar-refractivity contribution in [1.29, 1.82) is 5.26 Å². The molecule has 0 radical (unpaired) electrons. The van der Waals surface area contributed by atoms with Gasteiger partial charge in [-0.05, 0) is 35.9 Å². The molecule has 0 amide bonds. The number of phenols is 1. The Morgan fingerprint density at radius 2 is 2.05 bits per heavy atom. The highest BCUT2D eigenvalue weighted by molar-refractivity contribution is 5.90. The Kier molecular flexibility index (Phi) is 3.67. The minimum Gasteiger partial charge on any atom is -0.508 e. The van der Waals surface area contributed by atoms with E-state index in [9.17, 15) is 14.3 Å². The molecule has 5 heteroatoms. The van der Waals surface area contributed by atoms with Gasteiger partial charge in [0.15, 0.2) is 0 Å². The van der Waals surface area contributed by atoms with Crippen molar-refractivity contribution in [2.24, 2.45) is 0 Å². The van der Waals surface area contributed by atoms with Crippen LogP contribution in [-0.2, 0) is 4.74 Å². The number of esters is 1. The van der Waals surface area contributed by atoms with E-state index >= 15 is 0 Å². The average molecular weight is 271 g/mol. The number of aromatic hydroxyl groups is 1. The molecule has 2 aromatic rings. The SMILES string of the molecule is COC(=O)c1ccc(-c2cc(O)cc(C#N)c2)c(F)c1. The van der Waals surface area contributed by atoms with Crippen LogP contribution >= 0.6 is 0 Å². The zero-order valence-corrected chi connectivity index (χ0v) is 10.6. The Bertz CT molecular complexity index is 720. The Morgan fingerprint density at radius 1 is 1.30 bits per heavy atom. The zero-order chi connectivity index (χ0) is 14.7. The average Bonchev–Trinajstić information content (AvgIpc) is 2.45. The molecule has 0 aliphatic heterocycles. The van der Waals surface area contributed by atoms with Crippen LogP contribution in [0.25, 0.3) is 11.1 Å². The predicted octanol–water partition coefficient (Wildman–Crippen LogP) is 2.86. The first-order chi connectivity index (χ1) is 9.55. The van der Waals surface area contributed by atoms with Crippen molar-refractivity contribution in [2.75, 3.05) is 7.11 Å². The van der Waals surface area contributed by atoms with Crippen LogP contribution in [0.1, 0.15) is 15.9 Å². The Balaban J connectivity index is 2.51. The largest absolute Gasteiger partial charge is 0.508 e. The fraction of sp³-hybridized carbons (Fsp3) is 0.0667. The minimum absolute atomic E-state index is 0.0920. The van der Waals surface area contributed by atoms with Crippen LogP contribution in [0.15, 0.2) is 36.4 Å². The number of halogens is 1. The highest BCUT2D eigenvalue weighted by Gasteiger charge is 2.12. The Labute approximate surface area is 114 Å². The van der Waals surface area contributed by atoms with Crippen LogP contribution in [-0.4, -0.2) is 18.2 Å². The predicted molar refractivity (Wildman–Crippen MR) is 69.6 cm³/mol. The molecule has 0 saturated heterocycles. The Hall–Kier alpha value is -2.87. The lowest BCUT2D eigenvalue weighted by Crippen LogP contribution is -2.02. The van der Waals surface area contributed by atoms with E-state index in [1.54, 1.807) is 0 Å². The molecular formula is C15H10FNO3. The molecule has 2 rings (SSSR count). The first-order valence-corrected chi connectivity index (χ1v) is 5.67. The van der Waals surface area contributed by atoms with Crippen molar-refractivity contribution < 1.29 is 19.0 Å². The van der Waals surface area contributed by atoms with Gasteiger partial charge in [-0.2, -0.15) is 5.26 Å². The third-order valence-corrected chi connectivity index (χ3v) is 2.75. The van der Waals surface area contributed by atoms with Crippen molar-refractivity contribution in [2.45, 2.75) is 0 Å². The van der Waals surface area contributed by atoms with E-state index in [1.165, 1.54) is 37.4 Å². The molecule has 100 valence electrons. The summed E-state index contributed by atoms with van der Waals surface area (Å²) in [6.45, 7) is 0. The summed E-state index contributed by atoms with van der Waals surface area (Å²) in [5.41, 5.74) is 0.853. The van der Waals surface area contributed by atoms with E-state index in [4.69, 9.17) is 5.26 Å². The van der Waals surface area contributed by atoms with Crippen molar-refractivity contribution >= 4 is 5.97 Å². The number of phenolic OH excluding ortho intramolecular Hbond substituents is 1. The number of hydrogen-bond donors (Lipinski definition) is 1. The third kappa shape index (κ3) is 2.59. The molecular weight excluding hydrogens is 261 g/mol. The van der Waals surface area contributed by atoms with Gasteiger partial charge < -0.3 is 9.84 Å². The molecule has 0 atom stereocenters. The molecule has 0 aromatic heterocycles. The van der Waals surface area contributed by atoms with E-state index < -0.39 is 11.8 Å². The van der Waals surface area contributed by atoms with Crippen molar-refractivity contribution in [3.63, 3.8) is 0 Å². The lowest BCUT2D eigenvalue weighted by molar-refractivity contribution is 0.0600. The fourth-order valence-electron chi connectivity index (χ4n) is 1.83. The lowest BCUT2D eigenvalue weighted by atomic mass is 10.0. The smallest absolute Gasteiger partial charge is 0.337 e. The zero-order valence-electron chi connectivity index (χ0n) is 10.6. The van der Waals surface area contributed by atoms with Crippen molar-refractivity contribution in [3.05, 3.63) is 53.3 Å². The van der Waals surface area contributed by atoms with Crippen LogP contribution in [0.3, 0.4) is 0 Å². The molecule has 0 saturated carbocycles. The van der Waals surface area contributed by atoms with Gasteiger partial charge in [0.2, 0.25) is 0 Å². The lowest BCUT2D eigenvalue weighted by Gasteiger charge is -2.07. The van der Waals surface area contributed by atoms with Gasteiger partial charge in [-0.25, -0.2) is 9.18 Å². The van der Waals surface area contributed by atoms with Gasteiger partial charge in [0, 0.05) is 5.56 Å². The van der Waals surface area contributed by atoms with Crippen LogP contribution < -0.4 is 0 Å². The van der Waals surface area contributed by atoms with Crippen LogP contribution in [0.5, 0.6) is 5.75 Å². The molecule has 20 heavy (non-hydrogen) atoms. The Morgan fingerprint density at radius 3 is 2.65 bits per heavy atom. The number of carbonyl (C=O) groups excluding carboxylic acids is 1. The first kappa shape index (κ1) is 13.6. The van der Waals surface area contributed by atoms with E-state index in [0.717, 1.165) is 6.07 Å². The van der Waals surface area contributed by atoms with Gasteiger partial charge in [-0.1, -0.05) is 6.07 Å². The summed E-state index contributed by atoms with van der Waals surface area (Å²) in [6.07, 6.45) is 0. The standard InChI is InChI=1S/C15H10FNO3/c1-20-15(19)10-2-3-13(14(16)7-10)11-4-9(8-17)5-12(18)6-11/h2-7,18H,1H3. The molecule has 1 N–H and O–H groups in total. The van der Waals surface area contributed by atoms with E-state index in [0.29, 0.717) is 5.56 Å². The quantitative estimate of drug-likeness (QED) is 0.852. The topological polar surface area (TPSA) is 70.3 Å². The second-order valence-electron chi connectivity index (χ2n) is 4.07. The molecule has 0 heterocycles. The third-order valence-electron chi connectivity index (χ3n) is 2.75. The number of carbonyl (C=O) groups is 1. The summed E-state index contributed by atoms with van der Waals surface area (Å²) < 4.78 is 18.5. The molecule has 4 nitrogen and oxygen atoms in total. The number of benzene rings is 2. The molecule has 2 aromatic carbocycles. The van der Waals surface area contributed by atoms with Gasteiger partial charge in [0.05, 0.1) is 24.3 Å². The fourth-order valence-corrected chi connectivity index (χ4v) is 1.83. The molecule has 0 bridgehead atoms. The van der Waals surface area contributed by atoms with Gasteiger partial charge in [-0.15, -0.1) is 0 Å². The molecule has 0 aliphatic rings. The number of ether oxygens (including phenoxy) is 1. The van der Waals surface area contributed by atoms with Gasteiger partial charge in [0.25, 0.3) is 0 Å². The molecule has 0 aliphatic carbocycles. The summed E-state index contributed by atoms with van der Waals surface area (Å²) in [5, 5.41) is 18.3. The first-order valence-electron chi connectivity index (χ1n) is 5.67. The number of rotatable bonds is 2. The highest BCUT2D eigenvalue weighted by atomic mass is 19.1. The van der Waals surface area contributed by atoms with E-state index in [1.807, 2.05) is 6.07 Å². The van der Waals surface area contributed by atoms with Crippen molar-refractivity contribution in [1.82, 2.24) is 0 Å². The molecule has 0 unspecified atom stereocenters. The number of nitriles is 1. The highest BCUT2D eigenvalue weighted by Crippen LogP contribution is 2.28. The van der Waals surface area contributed by atoms with E-state index in [-0.39, 0.29) is 22.4 Å². The second kappa shape index (κ2) is 5.41. The number of methoxy groups -OCH3 is 1. The van der Waals surface area contributed by atoms with Gasteiger partial charge >= 0.3 is 5.97 Å². The van der Waals surface area contributed by atoms with Gasteiger partial charge in [0.1, 0.15) is 11.6 Å². The molecule has 0 spiro atoms. The summed E-state index contributed by atoms with van der Waals surface area (Å²) in [5.74, 6) is -1.40. The second-order valence-corrected chi connectivity index (χ2v) is 4.07. The van der Waals surface area contributed by atoms with Crippen LogP contribution in [0.2, 0.25) is 0 Å². The summed E-state index contributed by atoms with van der Waals surface area (Å²) in [4.78, 5) is 11.3. The van der Waals surface area contributed by atoms with Crippen LogP contribution in [0, 0.1) is 17.1 Å².